The number of carbonyl (C=O) groups excluding carboxylic acids is 1. The van der Waals surface area contributed by atoms with Crippen molar-refractivity contribution < 1.29 is 24.1 Å². The van der Waals surface area contributed by atoms with E-state index < -0.39 is 12.2 Å². The van der Waals surface area contributed by atoms with Gasteiger partial charge in [0, 0.05) is 11.8 Å². The van der Waals surface area contributed by atoms with Gasteiger partial charge in [0.25, 0.3) is 0 Å². The van der Waals surface area contributed by atoms with E-state index in [2.05, 4.69) is 24.3 Å². The first kappa shape index (κ1) is 23.7. The summed E-state index contributed by atoms with van der Waals surface area (Å²) in [6.07, 6.45) is 10.9. The maximum absolute atomic E-state index is 13.8. The van der Waals surface area contributed by atoms with Gasteiger partial charge in [-0.3, -0.25) is 4.79 Å². The van der Waals surface area contributed by atoms with Crippen LogP contribution >= 0.6 is 0 Å². The van der Waals surface area contributed by atoms with Gasteiger partial charge in [-0.05, 0) is 70.5 Å². The van der Waals surface area contributed by atoms with E-state index in [-0.39, 0.29) is 30.2 Å². The molecule has 0 aromatic heterocycles. The summed E-state index contributed by atoms with van der Waals surface area (Å²) < 4.78 is 19.2. The maximum Gasteiger partial charge on any atom is 0.309 e. The smallest absolute Gasteiger partial charge is 0.309 e. The Morgan fingerprint density at radius 2 is 1.69 bits per heavy atom. The van der Waals surface area contributed by atoms with Crippen molar-refractivity contribution in [3.63, 3.8) is 0 Å². The fourth-order valence-corrected chi connectivity index (χ4v) is 5.85. The number of allylic oxidation sites excluding steroid dienone is 5. The molecule has 0 amide bonds. The quantitative estimate of drug-likeness (QED) is 0.542. The lowest BCUT2D eigenvalue weighted by Crippen LogP contribution is -2.31. The van der Waals surface area contributed by atoms with Crippen molar-refractivity contribution in [1.29, 1.82) is 0 Å². The van der Waals surface area contributed by atoms with Gasteiger partial charge < -0.3 is 14.9 Å². The highest BCUT2D eigenvalue weighted by Gasteiger charge is 2.44. The molecule has 0 radical (unpaired) electrons. The van der Waals surface area contributed by atoms with Crippen molar-refractivity contribution in [2.75, 3.05) is 0 Å². The normalized spacial score (nSPS) is 24.2. The third-order valence-electron chi connectivity index (χ3n) is 7.59. The summed E-state index contributed by atoms with van der Waals surface area (Å²) in [7, 11) is 0. The van der Waals surface area contributed by atoms with Gasteiger partial charge in [-0.25, -0.2) is 4.39 Å². The van der Waals surface area contributed by atoms with E-state index in [0.29, 0.717) is 6.42 Å². The largest absolute Gasteiger partial charge is 0.458 e. The summed E-state index contributed by atoms with van der Waals surface area (Å²) in [6.45, 7) is 0.00347. The topological polar surface area (TPSA) is 66.8 Å². The number of esters is 1. The molecule has 1 saturated heterocycles. The number of halogens is 1. The highest BCUT2D eigenvalue weighted by molar-refractivity contribution is 5.96. The molecule has 1 heterocycles. The first-order valence-corrected chi connectivity index (χ1v) is 12.5. The second-order valence-electron chi connectivity index (χ2n) is 9.87. The molecule has 0 unspecified atom stereocenters. The molecular formula is C30H31FO4. The second-order valence-corrected chi connectivity index (χ2v) is 9.87. The van der Waals surface area contributed by atoms with Crippen molar-refractivity contribution in [2.45, 2.75) is 63.8 Å². The fourth-order valence-electron chi connectivity index (χ4n) is 5.85. The maximum atomic E-state index is 13.8. The van der Waals surface area contributed by atoms with Gasteiger partial charge in [0.05, 0.1) is 19.1 Å². The van der Waals surface area contributed by atoms with Crippen molar-refractivity contribution in [1.82, 2.24) is 0 Å². The molecular weight excluding hydrogens is 443 g/mol. The highest BCUT2D eigenvalue weighted by Crippen LogP contribution is 2.58. The van der Waals surface area contributed by atoms with Crippen LogP contribution in [0.4, 0.5) is 4.39 Å². The van der Waals surface area contributed by atoms with E-state index >= 15 is 0 Å². The number of carbonyl (C=O) groups is 1. The molecule has 1 spiro atoms. The number of hydrogen-bond acceptors (Lipinski definition) is 4. The van der Waals surface area contributed by atoms with E-state index in [0.717, 1.165) is 53.5 Å². The van der Waals surface area contributed by atoms with E-state index in [9.17, 15) is 19.4 Å². The molecule has 2 atom stereocenters. The number of hydrogen-bond donors (Lipinski definition) is 2. The summed E-state index contributed by atoms with van der Waals surface area (Å²) in [4.78, 5) is 11.9. The van der Waals surface area contributed by atoms with Crippen molar-refractivity contribution in [2.24, 2.45) is 5.41 Å². The molecule has 2 fully saturated rings. The van der Waals surface area contributed by atoms with Crippen molar-refractivity contribution in [3.8, 4) is 0 Å². The lowest BCUT2D eigenvalue weighted by atomic mass is 9.64. The van der Waals surface area contributed by atoms with Crippen LogP contribution in [0.2, 0.25) is 0 Å². The summed E-state index contributed by atoms with van der Waals surface area (Å²) in [5, 5.41) is 19.6. The van der Waals surface area contributed by atoms with Gasteiger partial charge in [0.2, 0.25) is 0 Å². The highest BCUT2D eigenvalue weighted by atomic mass is 19.1. The Morgan fingerprint density at radius 1 is 1.00 bits per heavy atom. The molecule has 2 N–H and O–H groups in total. The molecule has 182 valence electrons. The molecule has 0 bridgehead atoms. The molecule has 4 nitrogen and oxygen atoms in total. The minimum absolute atomic E-state index is 0.00347. The minimum atomic E-state index is -0.692. The predicted octanol–water partition coefficient (Wildman–Crippen LogP) is 5.74. The van der Waals surface area contributed by atoms with Crippen LogP contribution in [0.3, 0.4) is 0 Å². The van der Waals surface area contributed by atoms with E-state index in [4.69, 9.17) is 4.74 Å². The van der Waals surface area contributed by atoms with Crippen LogP contribution in [0.1, 0.15) is 61.6 Å². The van der Waals surface area contributed by atoms with Crippen LogP contribution in [0.25, 0.3) is 11.1 Å². The van der Waals surface area contributed by atoms with E-state index in [1.165, 1.54) is 24.1 Å². The molecule has 1 aliphatic heterocycles. The van der Waals surface area contributed by atoms with E-state index in [1.807, 2.05) is 30.3 Å². The molecule has 2 aliphatic carbocycles. The van der Waals surface area contributed by atoms with Crippen LogP contribution in [-0.2, 0) is 16.1 Å². The first-order chi connectivity index (χ1) is 17.0. The Morgan fingerprint density at radius 3 is 2.34 bits per heavy atom. The zero-order valence-corrected chi connectivity index (χ0v) is 19.8. The van der Waals surface area contributed by atoms with Crippen molar-refractivity contribution in [3.05, 3.63) is 94.8 Å². The Balaban J connectivity index is 1.61. The third kappa shape index (κ3) is 4.75. The third-order valence-corrected chi connectivity index (χ3v) is 7.59. The number of cyclic esters (lactones) is 1. The summed E-state index contributed by atoms with van der Waals surface area (Å²) in [5.41, 5.74) is 6.17. The Labute approximate surface area is 205 Å². The van der Waals surface area contributed by atoms with E-state index in [1.54, 1.807) is 0 Å². The van der Waals surface area contributed by atoms with Gasteiger partial charge in [0.15, 0.2) is 0 Å². The van der Waals surface area contributed by atoms with Gasteiger partial charge in [-0.2, -0.15) is 0 Å². The molecule has 3 aliphatic rings. The fraction of sp³-hybridized carbons (Fsp3) is 0.367. The SMILES string of the molecule is O=C1C[C@H](O)C[C@@H](/C=C/C2=C(c3ccc(F)cc3)C=C(c3ccc(CO)cc3)C23CCCCC3)O1. The Kier molecular flexibility index (Phi) is 6.72. The molecule has 5 heteroatoms. The lowest BCUT2D eigenvalue weighted by Gasteiger charge is -2.39. The minimum Gasteiger partial charge on any atom is -0.458 e. The van der Waals surface area contributed by atoms with Gasteiger partial charge in [-0.1, -0.05) is 61.7 Å². The van der Waals surface area contributed by atoms with Gasteiger partial charge in [-0.15, -0.1) is 0 Å². The standard InChI is InChI=1S/C30H31FO4/c31-23-10-8-21(9-11-23)26-18-28(22-6-4-20(19-32)5-7-22)30(14-2-1-3-15-30)27(26)13-12-25-16-24(33)17-29(34)35-25/h4-13,18,24-25,32-33H,1-3,14-17,19H2/b13-12+/t24-,25-/m1/s1. The average Bonchev–Trinajstić information content (AvgIpc) is 3.16. The van der Waals surface area contributed by atoms with Gasteiger partial charge in [0.1, 0.15) is 11.9 Å². The molecule has 5 rings (SSSR count). The number of benzene rings is 2. The predicted molar refractivity (Wildman–Crippen MR) is 133 cm³/mol. The van der Waals surface area contributed by atoms with Crippen LogP contribution < -0.4 is 0 Å². The first-order valence-electron chi connectivity index (χ1n) is 12.5. The second kappa shape index (κ2) is 9.92. The zero-order valence-electron chi connectivity index (χ0n) is 19.8. The van der Waals surface area contributed by atoms with Crippen LogP contribution in [0.5, 0.6) is 0 Å². The summed E-state index contributed by atoms with van der Waals surface area (Å²) >= 11 is 0. The van der Waals surface area contributed by atoms with Crippen LogP contribution in [0.15, 0.2) is 72.3 Å². The molecule has 2 aromatic rings. The lowest BCUT2D eigenvalue weighted by molar-refractivity contribution is -0.156. The zero-order chi connectivity index (χ0) is 24.4. The molecule has 35 heavy (non-hydrogen) atoms. The summed E-state index contributed by atoms with van der Waals surface area (Å²) in [6, 6.07) is 14.7. The van der Waals surface area contributed by atoms with Crippen LogP contribution in [0, 0.1) is 11.2 Å². The van der Waals surface area contributed by atoms with Crippen molar-refractivity contribution >= 4 is 17.1 Å². The molecule has 1 saturated carbocycles. The molecule has 2 aromatic carbocycles. The monoisotopic (exact) mass is 474 g/mol. The number of aliphatic hydroxyl groups excluding tert-OH is 2. The average molecular weight is 475 g/mol. The summed E-state index contributed by atoms with van der Waals surface area (Å²) in [5.74, 6) is -0.656. The van der Waals surface area contributed by atoms with Crippen LogP contribution in [-0.4, -0.2) is 28.4 Å². The number of ether oxygens (including phenoxy) is 1. The Bertz CT molecular complexity index is 1170. The number of aliphatic hydroxyl groups is 2. The van der Waals surface area contributed by atoms with Gasteiger partial charge >= 0.3 is 5.97 Å². The Hall–Kier alpha value is -3.02. The number of rotatable bonds is 5.